The van der Waals surface area contributed by atoms with Crippen LogP contribution in [0.25, 0.3) is 0 Å². The first-order valence-electron chi connectivity index (χ1n) is 10.2. The summed E-state index contributed by atoms with van der Waals surface area (Å²) in [7, 11) is -1.92. The molecule has 0 aliphatic rings. The van der Waals surface area contributed by atoms with Gasteiger partial charge >= 0.3 is 0 Å². The Morgan fingerprint density at radius 1 is 0.667 bits per heavy atom. The van der Waals surface area contributed by atoms with Gasteiger partial charge in [0.15, 0.2) is 0 Å². The first kappa shape index (κ1) is 24.1. The predicted octanol–water partition coefficient (Wildman–Crippen LogP) is 3.51. The van der Waals surface area contributed by atoms with Crippen molar-refractivity contribution in [3.63, 3.8) is 0 Å². The molecule has 0 N–H and O–H groups in total. The van der Waals surface area contributed by atoms with Crippen LogP contribution >= 0.6 is 0 Å². The molecule has 3 aromatic carbocycles. The van der Waals surface area contributed by atoms with Gasteiger partial charge in [0.25, 0.3) is 0 Å². The Balaban J connectivity index is 0.000000454. The van der Waals surface area contributed by atoms with E-state index in [9.17, 15) is 13.0 Å². The van der Waals surface area contributed by atoms with E-state index in [1.165, 1.54) is 16.7 Å². The Kier molecular flexibility index (Phi) is 7.95. The van der Waals surface area contributed by atoms with Gasteiger partial charge in [-0.15, -0.1) is 0 Å². The van der Waals surface area contributed by atoms with Gasteiger partial charge < -0.3 is 4.55 Å². The molecule has 0 unspecified atom stereocenters. The van der Waals surface area contributed by atoms with Crippen LogP contribution in [0.5, 0.6) is 0 Å². The van der Waals surface area contributed by atoms with Gasteiger partial charge in [-0.05, 0) is 22.8 Å². The molecule has 0 aliphatic heterocycles. The second-order valence-corrected chi connectivity index (χ2v) is 8.21. The van der Waals surface area contributed by atoms with Crippen molar-refractivity contribution in [2.45, 2.75) is 5.41 Å². The fraction of sp³-hybridized carbons (Fsp3) is 0.115. The van der Waals surface area contributed by atoms with E-state index in [4.69, 9.17) is 4.84 Å². The smallest absolute Gasteiger partial charge is 0.227 e. The third-order valence-corrected chi connectivity index (χ3v) is 5.65. The zero-order chi connectivity index (χ0) is 23.7. The van der Waals surface area contributed by atoms with Crippen LogP contribution in [0, 0.1) is 0 Å². The number of nitrogens with zero attached hydrogens (tertiary/aromatic N) is 1. The summed E-state index contributed by atoms with van der Waals surface area (Å²) in [4.78, 5) is 5.47. The molecule has 4 rings (SSSR count). The van der Waals surface area contributed by atoms with Crippen LogP contribution in [0.1, 0.15) is 22.3 Å². The maximum Gasteiger partial charge on any atom is 0.227 e. The molecule has 7 heteroatoms. The molecule has 1 heterocycles. The van der Waals surface area contributed by atoms with E-state index in [0.29, 0.717) is 0 Å². The van der Waals surface area contributed by atoms with Gasteiger partial charge in [-0.3, -0.25) is 9.02 Å². The third-order valence-electron chi connectivity index (χ3n) is 5.24. The van der Waals surface area contributed by atoms with Gasteiger partial charge in [-0.1, -0.05) is 91.0 Å². The van der Waals surface area contributed by atoms with Crippen LogP contribution in [-0.2, 0) is 20.0 Å². The minimum Gasteiger partial charge on any atom is -0.726 e. The van der Waals surface area contributed by atoms with Crippen molar-refractivity contribution >= 4 is 10.4 Å². The van der Waals surface area contributed by atoms with Crippen molar-refractivity contribution in [2.24, 2.45) is 0 Å². The molecule has 0 atom stereocenters. The number of hydrogen-bond acceptors (Lipinski definition) is 5. The van der Waals surface area contributed by atoms with Crippen molar-refractivity contribution in [1.29, 1.82) is 0 Å². The fourth-order valence-corrected chi connectivity index (χ4v) is 3.85. The third kappa shape index (κ3) is 5.64. The standard InChI is InChI=1S/C25H22NO.CH4O4S/c1-27-26-19-11-18-24(20-26)25(21-12-5-2-6-13-21,22-14-7-3-8-15-22)23-16-9-4-10-17-23;1-5-6(2,3)4/h2-20H,1H3;1H3,(H,2,3,4)/q+1;/p-1. The lowest BCUT2D eigenvalue weighted by Crippen LogP contribution is -2.42. The first-order valence-corrected chi connectivity index (χ1v) is 11.5. The maximum atomic E-state index is 9.22. The summed E-state index contributed by atoms with van der Waals surface area (Å²) >= 11 is 0. The fourth-order valence-electron chi connectivity index (χ4n) is 3.85. The minimum absolute atomic E-state index is 0.439. The van der Waals surface area contributed by atoms with E-state index in [2.05, 4.69) is 107 Å². The Labute approximate surface area is 194 Å². The van der Waals surface area contributed by atoms with Crippen LogP contribution < -0.4 is 9.57 Å². The topological polar surface area (TPSA) is 79.5 Å². The van der Waals surface area contributed by atoms with Crippen molar-refractivity contribution in [1.82, 2.24) is 0 Å². The molecular weight excluding hydrogens is 438 g/mol. The summed E-state index contributed by atoms with van der Waals surface area (Å²) in [5, 5.41) is 0. The highest BCUT2D eigenvalue weighted by atomic mass is 32.3. The van der Waals surface area contributed by atoms with Gasteiger partial charge in [0, 0.05) is 16.4 Å². The molecule has 170 valence electrons. The van der Waals surface area contributed by atoms with E-state index < -0.39 is 15.8 Å². The van der Waals surface area contributed by atoms with Gasteiger partial charge in [0.1, 0.15) is 7.11 Å². The molecular formula is C26H25NO5S. The summed E-state index contributed by atoms with van der Waals surface area (Å²) < 4.78 is 32.8. The van der Waals surface area contributed by atoms with Crippen molar-refractivity contribution in [2.75, 3.05) is 14.2 Å². The largest absolute Gasteiger partial charge is 0.726 e. The monoisotopic (exact) mass is 463 g/mol. The molecule has 0 aliphatic carbocycles. The van der Waals surface area contributed by atoms with Crippen LogP contribution in [-0.4, -0.2) is 27.2 Å². The summed E-state index contributed by atoms with van der Waals surface area (Å²) in [6.45, 7) is 0. The zero-order valence-electron chi connectivity index (χ0n) is 18.4. The van der Waals surface area contributed by atoms with Crippen LogP contribution in [0.3, 0.4) is 0 Å². The SMILES string of the molecule is COS(=O)(=O)[O-].CO[n+]1cccc(C(c2ccccc2)(c2ccccc2)c2ccccc2)c1. The molecule has 1 aromatic heterocycles. The van der Waals surface area contributed by atoms with E-state index in [1.807, 2.05) is 12.3 Å². The highest BCUT2D eigenvalue weighted by Gasteiger charge is 2.40. The number of benzene rings is 3. The highest BCUT2D eigenvalue weighted by Crippen LogP contribution is 2.44. The van der Waals surface area contributed by atoms with Crippen molar-refractivity contribution in [3.05, 3.63) is 138 Å². The predicted molar refractivity (Wildman–Crippen MR) is 124 cm³/mol. The van der Waals surface area contributed by atoms with Crippen LogP contribution in [0.2, 0.25) is 0 Å². The maximum absolute atomic E-state index is 9.22. The first-order chi connectivity index (χ1) is 15.9. The molecule has 0 amide bonds. The Bertz CT molecular complexity index is 1150. The highest BCUT2D eigenvalue weighted by molar-refractivity contribution is 7.80. The molecule has 0 bridgehead atoms. The lowest BCUT2D eigenvalue weighted by molar-refractivity contribution is -0.885. The summed E-state index contributed by atoms with van der Waals surface area (Å²) in [6.07, 6.45) is 3.97. The van der Waals surface area contributed by atoms with Gasteiger partial charge in [0.05, 0.1) is 12.5 Å². The van der Waals surface area contributed by atoms with E-state index in [1.54, 1.807) is 11.8 Å². The molecule has 0 saturated carbocycles. The second-order valence-electron chi connectivity index (χ2n) is 7.06. The van der Waals surface area contributed by atoms with Crippen molar-refractivity contribution in [3.8, 4) is 0 Å². The minimum atomic E-state index is -4.41. The zero-order valence-corrected chi connectivity index (χ0v) is 19.2. The Morgan fingerprint density at radius 2 is 1.03 bits per heavy atom. The van der Waals surface area contributed by atoms with Gasteiger partial charge in [0.2, 0.25) is 22.8 Å². The quantitative estimate of drug-likeness (QED) is 0.189. The molecule has 0 fully saturated rings. The summed E-state index contributed by atoms with van der Waals surface area (Å²) in [6, 6.07) is 36.2. The van der Waals surface area contributed by atoms with Gasteiger partial charge in [-0.2, -0.15) is 0 Å². The molecule has 0 saturated heterocycles. The Hall–Kier alpha value is -3.52. The number of pyridine rings is 1. The molecule has 0 radical (unpaired) electrons. The lowest BCUT2D eigenvalue weighted by atomic mass is 9.65. The van der Waals surface area contributed by atoms with Crippen molar-refractivity contribution < 1.29 is 26.7 Å². The van der Waals surface area contributed by atoms with Crippen LogP contribution in [0.4, 0.5) is 0 Å². The normalized spacial score (nSPS) is 11.2. The molecule has 4 aromatic rings. The molecule has 6 nitrogen and oxygen atoms in total. The average molecular weight is 464 g/mol. The molecule has 33 heavy (non-hydrogen) atoms. The summed E-state index contributed by atoms with van der Waals surface area (Å²) in [5.41, 5.74) is 4.37. The van der Waals surface area contributed by atoms with Crippen LogP contribution in [0.15, 0.2) is 116 Å². The number of rotatable bonds is 6. The average Bonchev–Trinajstić information content (AvgIpc) is 2.87. The summed E-state index contributed by atoms with van der Waals surface area (Å²) in [5.74, 6) is 0. The number of aromatic nitrogens is 1. The van der Waals surface area contributed by atoms with Gasteiger partial charge in [-0.25, -0.2) is 8.42 Å². The number of hydrogen-bond donors (Lipinski definition) is 0. The van der Waals surface area contributed by atoms with E-state index in [-0.39, 0.29) is 0 Å². The lowest BCUT2D eigenvalue weighted by Gasteiger charge is -2.35. The van der Waals surface area contributed by atoms with E-state index >= 15 is 0 Å². The molecule has 0 spiro atoms. The van der Waals surface area contributed by atoms with E-state index in [0.717, 1.165) is 12.7 Å². The Morgan fingerprint density at radius 3 is 1.36 bits per heavy atom. The second kappa shape index (κ2) is 10.9.